The quantitative estimate of drug-likeness (QED) is 0.793. The van der Waals surface area contributed by atoms with Crippen molar-refractivity contribution in [1.82, 2.24) is 4.90 Å². The third-order valence-corrected chi connectivity index (χ3v) is 3.80. The third-order valence-electron chi connectivity index (χ3n) is 3.80. The Kier molecular flexibility index (Phi) is 4.06. The minimum atomic E-state index is -0.607. The lowest BCUT2D eigenvalue weighted by atomic mass is 10.1. The van der Waals surface area contributed by atoms with E-state index in [0.29, 0.717) is 30.8 Å². The summed E-state index contributed by atoms with van der Waals surface area (Å²) in [6, 6.07) is 4.33. The molecule has 5 heteroatoms. The van der Waals surface area contributed by atoms with Gasteiger partial charge in [0.1, 0.15) is 11.7 Å². The third kappa shape index (κ3) is 2.53. The first-order valence-electron chi connectivity index (χ1n) is 6.78. The van der Waals surface area contributed by atoms with Crippen LogP contribution in [0.5, 0.6) is 0 Å². The van der Waals surface area contributed by atoms with E-state index in [0.717, 1.165) is 0 Å². The zero-order chi connectivity index (χ0) is 14.9. The summed E-state index contributed by atoms with van der Waals surface area (Å²) in [5.41, 5.74) is 1.39. The van der Waals surface area contributed by atoms with Crippen LogP contribution in [0.25, 0.3) is 0 Å². The molecule has 0 radical (unpaired) electrons. The summed E-state index contributed by atoms with van der Waals surface area (Å²) in [6.45, 7) is 4.72. The van der Waals surface area contributed by atoms with Crippen LogP contribution in [-0.2, 0) is 9.59 Å². The molecule has 108 valence electrons. The van der Waals surface area contributed by atoms with E-state index in [1.807, 2.05) is 6.92 Å². The van der Waals surface area contributed by atoms with E-state index >= 15 is 0 Å². The minimum absolute atomic E-state index is 0.139. The van der Waals surface area contributed by atoms with Crippen LogP contribution in [0, 0.1) is 18.7 Å². The van der Waals surface area contributed by atoms with Crippen molar-refractivity contribution in [3.05, 3.63) is 29.6 Å². The lowest BCUT2D eigenvalue weighted by Gasteiger charge is -2.21. The molecule has 4 nitrogen and oxygen atoms in total. The molecule has 1 unspecified atom stereocenters. The number of nitrogens with zero attached hydrogens (tertiary/aromatic N) is 2. The van der Waals surface area contributed by atoms with Crippen LogP contribution in [0.15, 0.2) is 18.2 Å². The highest BCUT2D eigenvalue weighted by atomic mass is 19.1. The van der Waals surface area contributed by atoms with Crippen molar-refractivity contribution >= 4 is 17.5 Å². The molecule has 0 saturated carbocycles. The Balaban J connectivity index is 2.21. The van der Waals surface area contributed by atoms with Crippen LogP contribution in [0.1, 0.15) is 18.9 Å². The summed E-state index contributed by atoms with van der Waals surface area (Å²) >= 11 is 0. The van der Waals surface area contributed by atoms with Gasteiger partial charge in [-0.15, -0.1) is 0 Å². The van der Waals surface area contributed by atoms with Crippen LogP contribution in [0.4, 0.5) is 10.1 Å². The molecule has 1 aliphatic rings. The fourth-order valence-corrected chi connectivity index (χ4v) is 2.49. The topological polar surface area (TPSA) is 40.6 Å². The van der Waals surface area contributed by atoms with Crippen LogP contribution >= 0.6 is 0 Å². The van der Waals surface area contributed by atoms with Gasteiger partial charge in [-0.05, 0) is 44.0 Å². The maximum atomic E-state index is 13.1. The molecular formula is C15H19FN2O2. The van der Waals surface area contributed by atoms with Gasteiger partial charge in [-0.3, -0.25) is 9.59 Å². The highest BCUT2D eigenvalue weighted by Crippen LogP contribution is 2.29. The van der Waals surface area contributed by atoms with Crippen molar-refractivity contribution in [2.45, 2.75) is 20.3 Å². The Morgan fingerprint density at radius 3 is 2.80 bits per heavy atom. The summed E-state index contributed by atoms with van der Waals surface area (Å²) in [5, 5.41) is 0. The maximum absolute atomic E-state index is 13.1. The van der Waals surface area contributed by atoms with Crippen molar-refractivity contribution in [1.29, 1.82) is 0 Å². The smallest absolute Gasteiger partial charge is 0.239 e. The van der Waals surface area contributed by atoms with E-state index in [1.54, 1.807) is 29.8 Å². The summed E-state index contributed by atoms with van der Waals surface area (Å²) < 4.78 is 13.1. The number of carbonyl (C=O) groups is 2. The number of hydrogen-bond acceptors (Lipinski definition) is 2. The normalized spacial score (nSPS) is 18.5. The van der Waals surface area contributed by atoms with Gasteiger partial charge >= 0.3 is 0 Å². The molecule has 20 heavy (non-hydrogen) atoms. The van der Waals surface area contributed by atoms with E-state index in [1.165, 1.54) is 12.1 Å². The summed E-state index contributed by atoms with van der Waals surface area (Å²) in [6.07, 6.45) is 0.513. The van der Waals surface area contributed by atoms with Crippen molar-refractivity contribution < 1.29 is 14.0 Å². The van der Waals surface area contributed by atoms with Crippen LogP contribution in [-0.4, -0.2) is 36.9 Å². The molecule has 1 fully saturated rings. The standard InChI is InChI=1S/C15H19FN2O2/c1-4-17(3)14(19)12-7-8-18(15(12)20)13-6-5-11(16)9-10(13)2/h5-6,9,12H,4,7-8H2,1-3H3. The number of anilines is 1. The monoisotopic (exact) mass is 278 g/mol. The number of carbonyl (C=O) groups excluding carboxylic acids is 2. The molecule has 2 amide bonds. The fraction of sp³-hybridized carbons (Fsp3) is 0.467. The van der Waals surface area contributed by atoms with Gasteiger partial charge in [0.2, 0.25) is 11.8 Å². The molecular weight excluding hydrogens is 259 g/mol. The van der Waals surface area contributed by atoms with Crippen molar-refractivity contribution in [2.75, 3.05) is 25.0 Å². The van der Waals surface area contributed by atoms with E-state index in [2.05, 4.69) is 0 Å². The molecule has 1 aliphatic heterocycles. The molecule has 1 heterocycles. The predicted molar refractivity (Wildman–Crippen MR) is 74.9 cm³/mol. The molecule has 0 N–H and O–H groups in total. The van der Waals surface area contributed by atoms with Crippen molar-refractivity contribution in [3.63, 3.8) is 0 Å². The van der Waals surface area contributed by atoms with E-state index < -0.39 is 5.92 Å². The van der Waals surface area contributed by atoms with E-state index in [9.17, 15) is 14.0 Å². The first kappa shape index (κ1) is 14.5. The molecule has 0 spiro atoms. The molecule has 0 aromatic heterocycles. The molecule has 1 aromatic carbocycles. The Hall–Kier alpha value is -1.91. The Morgan fingerprint density at radius 1 is 1.50 bits per heavy atom. The largest absolute Gasteiger partial charge is 0.345 e. The number of amides is 2. The van der Waals surface area contributed by atoms with Gasteiger partial charge < -0.3 is 9.80 Å². The Bertz CT molecular complexity index is 545. The molecule has 1 atom stereocenters. The Labute approximate surface area is 118 Å². The molecule has 2 rings (SSSR count). The second kappa shape index (κ2) is 5.61. The second-order valence-corrected chi connectivity index (χ2v) is 5.11. The number of aryl methyl sites for hydroxylation is 1. The van der Waals surface area contributed by atoms with Crippen LogP contribution in [0.3, 0.4) is 0 Å². The van der Waals surface area contributed by atoms with Gasteiger partial charge in [-0.25, -0.2) is 4.39 Å². The number of hydrogen-bond donors (Lipinski definition) is 0. The lowest BCUT2D eigenvalue weighted by Crippen LogP contribution is -2.38. The zero-order valence-electron chi connectivity index (χ0n) is 12.0. The van der Waals surface area contributed by atoms with Gasteiger partial charge in [0.15, 0.2) is 0 Å². The van der Waals surface area contributed by atoms with Crippen LogP contribution < -0.4 is 4.90 Å². The average Bonchev–Trinajstić information content (AvgIpc) is 2.79. The first-order valence-corrected chi connectivity index (χ1v) is 6.78. The molecule has 0 aliphatic carbocycles. The highest BCUT2D eigenvalue weighted by molar-refractivity contribution is 6.09. The number of benzene rings is 1. The van der Waals surface area contributed by atoms with E-state index in [-0.39, 0.29) is 17.6 Å². The number of rotatable bonds is 3. The van der Waals surface area contributed by atoms with Gasteiger partial charge in [-0.1, -0.05) is 0 Å². The van der Waals surface area contributed by atoms with Gasteiger partial charge in [0.05, 0.1) is 0 Å². The summed E-state index contributed by atoms with van der Waals surface area (Å²) in [5.74, 6) is -1.26. The SMILES string of the molecule is CCN(C)C(=O)C1CCN(c2ccc(F)cc2C)C1=O. The molecule has 1 aromatic rings. The average molecular weight is 278 g/mol. The minimum Gasteiger partial charge on any atom is -0.345 e. The van der Waals surface area contributed by atoms with Gasteiger partial charge in [-0.2, -0.15) is 0 Å². The maximum Gasteiger partial charge on any atom is 0.239 e. The highest BCUT2D eigenvalue weighted by Gasteiger charge is 2.39. The van der Waals surface area contributed by atoms with Gasteiger partial charge in [0, 0.05) is 25.8 Å². The lowest BCUT2D eigenvalue weighted by molar-refractivity contribution is -0.138. The summed E-state index contributed by atoms with van der Waals surface area (Å²) in [7, 11) is 1.70. The molecule has 1 saturated heterocycles. The Morgan fingerprint density at radius 2 is 2.20 bits per heavy atom. The zero-order valence-corrected chi connectivity index (χ0v) is 12.0. The van der Waals surface area contributed by atoms with Crippen molar-refractivity contribution in [2.24, 2.45) is 5.92 Å². The summed E-state index contributed by atoms with van der Waals surface area (Å²) in [4.78, 5) is 27.7. The second-order valence-electron chi connectivity index (χ2n) is 5.11. The van der Waals surface area contributed by atoms with Crippen LogP contribution in [0.2, 0.25) is 0 Å². The molecule has 0 bridgehead atoms. The van der Waals surface area contributed by atoms with Gasteiger partial charge in [0.25, 0.3) is 0 Å². The first-order chi connectivity index (χ1) is 9.45. The number of halogens is 1. The fourth-order valence-electron chi connectivity index (χ4n) is 2.49. The predicted octanol–water partition coefficient (Wildman–Crippen LogP) is 1.97. The van der Waals surface area contributed by atoms with E-state index in [4.69, 9.17) is 0 Å². The van der Waals surface area contributed by atoms with Crippen molar-refractivity contribution in [3.8, 4) is 0 Å².